The maximum absolute atomic E-state index is 12.3. The molecule has 6 nitrogen and oxygen atoms in total. The molecule has 1 aliphatic carbocycles. The van der Waals surface area contributed by atoms with E-state index >= 15 is 0 Å². The zero-order valence-electron chi connectivity index (χ0n) is 11.0. The largest absolute Gasteiger partial charge is 0.421 e. The third-order valence-electron chi connectivity index (χ3n) is 3.29. The standard InChI is InChI=1S/C12H15N3O3S2/c1-8-13-14-12(18-8)9-6-11(19-7-9)20(16,17)15-10-4-2-3-5-10/h6-7,10,15H,2-5H2,1H3. The second-order valence-electron chi connectivity index (χ2n) is 4.88. The first-order valence-electron chi connectivity index (χ1n) is 6.46. The van der Waals surface area contributed by atoms with Gasteiger partial charge in [0.15, 0.2) is 0 Å². The summed E-state index contributed by atoms with van der Waals surface area (Å²) in [6.45, 7) is 1.70. The van der Waals surface area contributed by atoms with Crippen molar-refractivity contribution in [1.29, 1.82) is 0 Å². The van der Waals surface area contributed by atoms with E-state index in [-0.39, 0.29) is 10.3 Å². The highest BCUT2D eigenvalue weighted by Gasteiger charge is 2.24. The van der Waals surface area contributed by atoms with Crippen LogP contribution in [0.2, 0.25) is 0 Å². The smallest absolute Gasteiger partial charge is 0.250 e. The van der Waals surface area contributed by atoms with Crippen molar-refractivity contribution < 1.29 is 12.8 Å². The van der Waals surface area contributed by atoms with Gasteiger partial charge in [0.2, 0.25) is 21.8 Å². The van der Waals surface area contributed by atoms with E-state index in [0.29, 0.717) is 17.3 Å². The molecule has 2 heterocycles. The quantitative estimate of drug-likeness (QED) is 0.936. The van der Waals surface area contributed by atoms with Crippen molar-refractivity contribution >= 4 is 21.4 Å². The highest BCUT2D eigenvalue weighted by atomic mass is 32.2. The predicted molar refractivity (Wildman–Crippen MR) is 74.9 cm³/mol. The van der Waals surface area contributed by atoms with Gasteiger partial charge in [-0.3, -0.25) is 0 Å². The zero-order valence-corrected chi connectivity index (χ0v) is 12.6. The molecule has 20 heavy (non-hydrogen) atoms. The summed E-state index contributed by atoms with van der Waals surface area (Å²) >= 11 is 1.17. The molecule has 0 unspecified atom stereocenters. The van der Waals surface area contributed by atoms with E-state index in [1.165, 1.54) is 11.3 Å². The summed E-state index contributed by atoms with van der Waals surface area (Å²) in [6, 6.07) is 1.64. The molecule has 0 aliphatic heterocycles. The van der Waals surface area contributed by atoms with Crippen LogP contribution in [0.15, 0.2) is 20.1 Å². The topological polar surface area (TPSA) is 85.1 Å². The summed E-state index contributed by atoms with van der Waals surface area (Å²) in [6.07, 6.45) is 4.01. The number of rotatable bonds is 4. The normalized spacial score (nSPS) is 16.9. The Morgan fingerprint density at radius 2 is 2.10 bits per heavy atom. The Balaban J connectivity index is 1.81. The molecule has 0 atom stereocenters. The molecule has 1 saturated carbocycles. The molecule has 0 radical (unpaired) electrons. The number of nitrogens with zero attached hydrogens (tertiary/aromatic N) is 2. The minimum atomic E-state index is -3.45. The molecule has 1 aliphatic rings. The fraction of sp³-hybridized carbons (Fsp3) is 0.500. The fourth-order valence-electron chi connectivity index (χ4n) is 2.30. The van der Waals surface area contributed by atoms with Crippen LogP contribution in [-0.2, 0) is 10.0 Å². The molecule has 3 rings (SSSR count). The van der Waals surface area contributed by atoms with Gasteiger partial charge in [0.1, 0.15) is 4.21 Å². The van der Waals surface area contributed by atoms with E-state index in [1.807, 2.05) is 0 Å². The van der Waals surface area contributed by atoms with Gasteiger partial charge >= 0.3 is 0 Å². The lowest BCUT2D eigenvalue weighted by Crippen LogP contribution is -2.32. The minimum absolute atomic E-state index is 0.0659. The van der Waals surface area contributed by atoms with E-state index in [4.69, 9.17) is 4.42 Å². The molecule has 0 saturated heterocycles. The van der Waals surface area contributed by atoms with Gasteiger partial charge in [-0.15, -0.1) is 21.5 Å². The molecule has 0 aromatic carbocycles. The van der Waals surface area contributed by atoms with Crippen LogP contribution in [0.3, 0.4) is 0 Å². The van der Waals surface area contributed by atoms with Crippen molar-refractivity contribution in [2.45, 2.75) is 42.9 Å². The fourth-order valence-corrected chi connectivity index (χ4v) is 4.78. The third-order valence-corrected chi connectivity index (χ3v) is 6.25. The molecule has 2 aromatic rings. The molecule has 1 N–H and O–H groups in total. The Kier molecular flexibility index (Phi) is 3.61. The first-order valence-corrected chi connectivity index (χ1v) is 8.82. The second kappa shape index (κ2) is 5.27. The summed E-state index contributed by atoms with van der Waals surface area (Å²) in [7, 11) is -3.45. The lowest BCUT2D eigenvalue weighted by atomic mass is 10.3. The van der Waals surface area contributed by atoms with Crippen LogP contribution < -0.4 is 4.72 Å². The average Bonchev–Trinajstić information content (AvgIpc) is 3.07. The average molecular weight is 313 g/mol. The van der Waals surface area contributed by atoms with Crippen molar-refractivity contribution in [1.82, 2.24) is 14.9 Å². The van der Waals surface area contributed by atoms with Crippen molar-refractivity contribution in [2.75, 3.05) is 0 Å². The van der Waals surface area contributed by atoms with Crippen molar-refractivity contribution in [2.24, 2.45) is 0 Å². The maximum Gasteiger partial charge on any atom is 0.250 e. The summed E-state index contributed by atoms with van der Waals surface area (Å²) in [4.78, 5) is 0. The lowest BCUT2D eigenvalue weighted by Gasteiger charge is -2.10. The molecule has 8 heteroatoms. The van der Waals surface area contributed by atoms with Gasteiger partial charge in [0.25, 0.3) is 0 Å². The summed E-state index contributed by atoms with van der Waals surface area (Å²) in [5.41, 5.74) is 0.641. The Labute approximate surface area is 121 Å². The van der Waals surface area contributed by atoms with Gasteiger partial charge in [-0.05, 0) is 18.9 Å². The summed E-state index contributed by atoms with van der Waals surface area (Å²) < 4.78 is 32.9. The van der Waals surface area contributed by atoms with Crippen LogP contribution in [0.5, 0.6) is 0 Å². The zero-order chi connectivity index (χ0) is 14.2. The number of hydrogen-bond donors (Lipinski definition) is 1. The van der Waals surface area contributed by atoms with Crippen molar-refractivity contribution in [3.05, 3.63) is 17.3 Å². The van der Waals surface area contributed by atoms with Crippen LogP contribution in [0.25, 0.3) is 11.5 Å². The number of sulfonamides is 1. The first kappa shape index (κ1) is 13.7. The first-order chi connectivity index (χ1) is 9.54. The van der Waals surface area contributed by atoms with Crippen LogP contribution in [0.1, 0.15) is 31.6 Å². The molecule has 2 aromatic heterocycles. The molecule has 0 bridgehead atoms. The Bertz CT molecular complexity index is 699. The van der Waals surface area contributed by atoms with Crippen LogP contribution in [-0.4, -0.2) is 24.7 Å². The summed E-state index contributed by atoms with van der Waals surface area (Å²) in [5.74, 6) is 0.806. The lowest BCUT2D eigenvalue weighted by molar-refractivity contribution is 0.533. The van der Waals surface area contributed by atoms with E-state index in [0.717, 1.165) is 25.7 Å². The van der Waals surface area contributed by atoms with E-state index in [2.05, 4.69) is 14.9 Å². The van der Waals surface area contributed by atoms with Crippen LogP contribution in [0.4, 0.5) is 0 Å². The van der Waals surface area contributed by atoms with E-state index in [1.54, 1.807) is 18.4 Å². The predicted octanol–water partition coefficient (Wildman–Crippen LogP) is 2.33. The number of aryl methyl sites for hydroxylation is 1. The number of thiophene rings is 1. The van der Waals surface area contributed by atoms with Gasteiger partial charge in [0, 0.05) is 18.3 Å². The maximum atomic E-state index is 12.3. The van der Waals surface area contributed by atoms with Gasteiger partial charge in [-0.25, -0.2) is 13.1 Å². The number of aromatic nitrogens is 2. The highest BCUT2D eigenvalue weighted by Crippen LogP contribution is 2.28. The van der Waals surface area contributed by atoms with Crippen LogP contribution >= 0.6 is 11.3 Å². The van der Waals surface area contributed by atoms with Gasteiger partial charge in [0.05, 0.1) is 5.56 Å². The highest BCUT2D eigenvalue weighted by molar-refractivity contribution is 7.91. The Morgan fingerprint density at radius 3 is 2.75 bits per heavy atom. The molecular weight excluding hydrogens is 298 g/mol. The molecule has 1 fully saturated rings. The second-order valence-corrected chi connectivity index (χ2v) is 7.74. The molecular formula is C12H15N3O3S2. The van der Waals surface area contributed by atoms with Crippen molar-refractivity contribution in [3.63, 3.8) is 0 Å². The molecule has 0 amide bonds. The monoisotopic (exact) mass is 313 g/mol. The van der Waals surface area contributed by atoms with E-state index < -0.39 is 10.0 Å². The Morgan fingerprint density at radius 1 is 1.35 bits per heavy atom. The van der Waals surface area contributed by atoms with Crippen LogP contribution in [0, 0.1) is 6.92 Å². The molecule has 0 spiro atoms. The SMILES string of the molecule is Cc1nnc(-c2csc(S(=O)(=O)NC3CCCC3)c2)o1. The minimum Gasteiger partial charge on any atom is -0.421 e. The number of nitrogens with one attached hydrogen (secondary N) is 1. The van der Waals surface area contributed by atoms with Crippen molar-refractivity contribution in [3.8, 4) is 11.5 Å². The summed E-state index contributed by atoms with van der Waals surface area (Å²) in [5, 5.41) is 9.35. The van der Waals surface area contributed by atoms with Gasteiger partial charge in [-0.1, -0.05) is 12.8 Å². The van der Waals surface area contributed by atoms with Gasteiger partial charge in [-0.2, -0.15) is 0 Å². The van der Waals surface area contributed by atoms with E-state index in [9.17, 15) is 8.42 Å². The third kappa shape index (κ3) is 2.77. The molecule has 108 valence electrons. The van der Waals surface area contributed by atoms with Gasteiger partial charge < -0.3 is 4.42 Å². The number of hydrogen-bond acceptors (Lipinski definition) is 6. The Hall–Kier alpha value is -1.25.